The average molecular weight is 336 g/mol. The van der Waals surface area contributed by atoms with Crippen LogP contribution in [0, 0.1) is 21.4 Å². The van der Waals surface area contributed by atoms with Crippen LogP contribution in [0.15, 0.2) is 64.8 Å². The Hall–Kier alpha value is -3.11. The van der Waals surface area contributed by atoms with Crippen molar-refractivity contribution in [2.45, 2.75) is 10.1 Å². The lowest BCUT2D eigenvalue weighted by Gasteiger charge is -2.07. The van der Waals surface area contributed by atoms with Gasteiger partial charge in [-0.25, -0.2) is 4.98 Å². The van der Waals surface area contributed by atoms with E-state index in [0.29, 0.717) is 10.1 Å². The molecule has 7 heteroatoms. The molecule has 0 aliphatic heterocycles. The molecule has 0 aliphatic rings. The molecular formula is C17H12N4O2S. The molecule has 3 rings (SSSR count). The number of hydrogen-bond donors (Lipinski definition) is 0. The van der Waals surface area contributed by atoms with Gasteiger partial charge in [-0.15, -0.1) is 0 Å². The number of aromatic nitrogens is 2. The third kappa shape index (κ3) is 3.00. The van der Waals surface area contributed by atoms with Gasteiger partial charge in [0.2, 0.25) is 0 Å². The number of nitrogens with zero attached hydrogens (tertiary/aromatic N) is 4. The van der Waals surface area contributed by atoms with E-state index in [0.717, 1.165) is 11.3 Å². The molecule has 1 aromatic heterocycles. The SMILES string of the molecule is Cn1c(-c2ccccc2)cnc1Sc1ccc([N+](=O)[O-])cc1C#N. The van der Waals surface area contributed by atoms with E-state index in [9.17, 15) is 15.4 Å². The number of rotatable bonds is 4. The summed E-state index contributed by atoms with van der Waals surface area (Å²) < 4.78 is 1.93. The molecule has 0 saturated carbocycles. The van der Waals surface area contributed by atoms with Crippen molar-refractivity contribution in [3.05, 3.63) is 70.4 Å². The number of hydrogen-bond acceptors (Lipinski definition) is 5. The minimum atomic E-state index is -0.510. The van der Waals surface area contributed by atoms with Crippen LogP contribution in [-0.4, -0.2) is 14.5 Å². The van der Waals surface area contributed by atoms with E-state index < -0.39 is 4.92 Å². The molecule has 0 N–H and O–H groups in total. The predicted molar refractivity (Wildman–Crippen MR) is 90.6 cm³/mol. The van der Waals surface area contributed by atoms with Crippen LogP contribution < -0.4 is 0 Å². The molecule has 0 atom stereocenters. The molecule has 2 aromatic carbocycles. The summed E-state index contributed by atoms with van der Waals surface area (Å²) >= 11 is 1.31. The summed E-state index contributed by atoms with van der Waals surface area (Å²) in [5.41, 5.74) is 2.17. The Morgan fingerprint density at radius 3 is 2.67 bits per heavy atom. The van der Waals surface area contributed by atoms with Crippen molar-refractivity contribution in [3.63, 3.8) is 0 Å². The second-order valence-electron chi connectivity index (χ2n) is 5.00. The molecule has 3 aromatic rings. The maximum atomic E-state index is 10.8. The molecule has 6 nitrogen and oxygen atoms in total. The van der Waals surface area contributed by atoms with E-state index in [4.69, 9.17) is 0 Å². The molecule has 118 valence electrons. The fraction of sp³-hybridized carbons (Fsp3) is 0.0588. The van der Waals surface area contributed by atoms with Crippen LogP contribution in [0.3, 0.4) is 0 Å². The van der Waals surface area contributed by atoms with Gasteiger partial charge in [-0.3, -0.25) is 10.1 Å². The number of nitro groups is 1. The van der Waals surface area contributed by atoms with Crippen LogP contribution in [0.1, 0.15) is 5.56 Å². The van der Waals surface area contributed by atoms with Gasteiger partial charge in [-0.05, 0) is 11.6 Å². The zero-order valence-electron chi connectivity index (χ0n) is 12.7. The molecule has 0 saturated heterocycles. The van der Waals surface area contributed by atoms with Gasteiger partial charge in [0.25, 0.3) is 5.69 Å². The topological polar surface area (TPSA) is 84.8 Å². The zero-order chi connectivity index (χ0) is 17.1. The number of benzene rings is 2. The molecule has 0 radical (unpaired) electrons. The van der Waals surface area contributed by atoms with Crippen molar-refractivity contribution in [2.24, 2.45) is 7.05 Å². The molecular weight excluding hydrogens is 324 g/mol. The highest BCUT2D eigenvalue weighted by molar-refractivity contribution is 7.99. The van der Waals surface area contributed by atoms with E-state index in [-0.39, 0.29) is 11.3 Å². The molecule has 0 spiro atoms. The van der Waals surface area contributed by atoms with Crippen LogP contribution in [0.4, 0.5) is 5.69 Å². The van der Waals surface area contributed by atoms with E-state index in [1.54, 1.807) is 12.3 Å². The van der Waals surface area contributed by atoms with Crippen molar-refractivity contribution < 1.29 is 4.92 Å². The van der Waals surface area contributed by atoms with Gasteiger partial charge in [-0.1, -0.05) is 42.1 Å². The third-order valence-corrected chi connectivity index (χ3v) is 4.65. The quantitative estimate of drug-likeness (QED) is 0.530. The van der Waals surface area contributed by atoms with Crippen molar-refractivity contribution in [3.8, 4) is 17.3 Å². The van der Waals surface area contributed by atoms with E-state index in [1.807, 2.05) is 48.0 Å². The fourth-order valence-electron chi connectivity index (χ4n) is 2.27. The van der Waals surface area contributed by atoms with Crippen LogP contribution >= 0.6 is 11.8 Å². The fourth-order valence-corrected chi connectivity index (χ4v) is 3.16. The van der Waals surface area contributed by atoms with E-state index >= 15 is 0 Å². The van der Waals surface area contributed by atoms with Gasteiger partial charge in [0, 0.05) is 24.1 Å². The molecule has 0 amide bonds. The van der Waals surface area contributed by atoms with Crippen molar-refractivity contribution in [1.82, 2.24) is 9.55 Å². The van der Waals surface area contributed by atoms with Crippen LogP contribution in [0.2, 0.25) is 0 Å². The van der Waals surface area contributed by atoms with Gasteiger partial charge in [0.15, 0.2) is 5.16 Å². The Morgan fingerprint density at radius 2 is 2.00 bits per heavy atom. The first-order valence-electron chi connectivity index (χ1n) is 7.03. The number of nitriles is 1. The number of nitro benzene ring substituents is 1. The average Bonchev–Trinajstić information content (AvgIpc) is 2.96. The lowest BCUT2D eigenvalue weighted by Crippen LogP contribution is -1.95. The summed E-state index contributed by atoms with van der Waals surface area (Å²) in [6.45, 7) is 0. The highest BCUT2D eigenvalue weighted by atomic mass is 32.2. The standard InChI is InChI=1S/C17H12N4O2S/c1-20-15(12-5-3-2-4-6-12)11-19-17(20)24-16-8-7-14(21(22)23)9-13(16)10-18/h2-9,11H,1H3. The Morgan fingerprint density at radius 1 is 1.25 bits per heavy atom. The second-order valence-corrected chi connectivity index (χ2v) is 6.01. The van der Waals surface area contributed by atoms with Gasteiger partial charge < -0.3 is 4.57 Å². The predicted octanol–water partition coefficient (Wildman–Crippen LogP) is 4.02. The van der Waals surface area contributed by atoms with Gasteiger partial charge in [-0.2, -0.15) is 5.26 Å². The highest BCUT2D eigenvalue weighted by Crippen LogP contribution is 2.33. The Labute approximate surface area is 142 Å². The van der Waals surface area contributed by atoms with Crippen molar-refractivity contribution >= 4 is 17.4 Å². The molecule has 0 aliphatic carbocycles. The summed E-state index contributed by atoms with van der Waals surface area (Å²) in [5.74, 6) is 0. The highest BCUT2D eigenvalue weighted by Gasteiger charge is 2.15. The van der Waals surface area contributed by atoms with Crippen molar-refractivity contribution in [2.75, 3.05) is 0 Å². The van der Waals surface area contributed by atoms with Crippen molar-refractivity contribution in [1.29, 1.82) is 5.26 Å². The monoisotopic (exact) mass is 336 g/mol. The smallest absolute Gasteiger partial charge is 0.270 e. The van der Waals surface area contributed by atoms with Crippen LogP contribution in [-0.2, 0) is 7.05 Å². The summed E-state index contributed by atoms with van der Waals surface area (Å²) in [5, 5.41) is 20.8. The summed E-state index contributed by atoms with van der Waals surface area (Å²) in [4.78, 5) is 15.4. The molecule has 0 bridgehead atoms. The largest absolute Gasteiger partial charge is 0.322 e. The molecule has 24 heavy (non-hydrogen) atoms. The minimum absolute atomic E-state index is 0.0966. The number of imidazole rings is 1. The first-order valence-corrected chi connectivity index (χ1v) is 7.85. The van der Waals surface area contributed by atoms with Gasteiger partial charge in [0.05, 0.1) is 22.4 Å². The lowest BCUT2D eigenvalue weighted by molar-refractivity contribution is -0.384. The Kier molecular flexibility index (Phi) is 4.31. The minimum Gasteiger partial charge on any atom is -0.322 e. The molecule has 0 unspecified atom stereocenters. The summed E-state index contributed by atoms with van der Waals surface area (Å²) in [7, 11) is 1.90. The first-order chi connectivity index (χ1) is 11.6. The van der Waals surface area contributed by atoms with E-state index in [1.165, 1.54) is 23.9 Å². The second kappa shape index (κ2) is 6.56. The first kappa shape index (κ1) is 15.8. The normalized spacial score (nSPS) is 10.3. The Bertz CT molecular complexity index is 945. The summed E-state index contributed by atoms with van der Waals surface area (Å²) in [6.07, 6.45) is 1.77. The maximum absolute atomic E-state index is 10.8. The maximum Gasteiger partial charge on any atom is 0.270 e. The number of non-ortho nitro benzene ring substituents is 1. The van der Waals surface area contributed by atoms with E-state index in [2.05, 4.69) is 4.98 Å². The van der Waals surface area contributed by atoms with Crippen LogP contribution in [0.25, 0.3) is 11.3 Å². The van der Waals surface area contributed by atoms with Gasteiger partial charge >= 0.3 is 0 Å². The zero-order valence-corrected chi connectivity index (χ0v) is 13.5. The molecule has 0 fully saturated rings. The third-order valence-electron chi connectivity index (χ3n) is 3.51. The Balaban J connectivity index is 1.94. The molecule has 1 heterocycles. The van der Waals surface area contributed by atoms with Crippen LogP contribution in [0.5, 0.6) is 0 Å². The van der Waals surface area contributed by atoms with Gasteiger partial charge in [0.1, 0.15) is 6.07 Å². The summed E-state index contributed by atoms with van der Waals surface area (Å²) in [6, 6.07) is 16.1. The lowest BCUT2D eigenvalue weighted by atomic mass is 10.2.